The van der Waals surface area contributed by atoms with Gasteiger partial charge >= 0.3 is 5.97 Å². The average molecular weight is 327 g/mol. The van der Waals surface area contributed by atoms with Crippen LogP contribution in [-0.2, 0) is 4.79 Å². The Morgan fingerprint density at radius 1 is 0.826 bits per heavy atom. The van der Waals surface area contributed by atoms with Crippen LogP contribution in [0.15, 0.2) is 12.3 Å². The van der Waals surface area contributed by atoms with Crippen LogP contribution in [0.3, 0.4) is 0 Å². The van der Waals surface area contributed by atoms with Gasteiger partial charge in [-0.3, -0.25) is 4.48 Å². The van der Waals surface area contributed by atoms with E-state index in [0.29, 0.717) is 4.48 Å². The van der Waals surface area contributed by atoms with Gasteiger partial charge < -0.3 is 5.11 Å². The Bertz CT molecular complexity index is 311. The minimum absolute atomic E-state index is 0.148. The number of allylic oxidation sites excluding steroid dienone is 1. The molecule has 3 heteroatoms. The fraction of sp³-hybridized carbons (Fsp3) is 0.850. The summed E-state index contributed by atoms with van der Waals surface area (Å²) in [6, 6.07) is 0. The molecule has 0 aromatic heterocycles. The van der Waals surface area contributed by atoms with Crippen LogP contribution < -0.4 is 0 Å². The summed E-state index contributed by atoms with van der Waals surface area (Å²) in [6.45, 7) is 2.42. The summed E-state index contributed by atoms with van der Waals surface area (Å²) >= 11 is 0. The van der Waals surface area contributed by atoms with Gasteiger partial charge in [0.05, 0.1) is 20.3 Å². The molecule has 0 heterocycles. The number of likely N-dealkylation sites (N-methyl/N-ethyl adjacent to an activating group) is 1. The lowest BCUT2D eigenvalue weighted by Crippen LogP contribution is -2.38. The molecule has 0 fully saturated rings. The fourth-order valence-corrected chi connectivity index (χ4v) is 2.86. The summed E-state index contributed by atoms with van der Waals surface area (Å²) in [7, 11) is 3.85. The van der Waals surface area contributed by atoms with Gasteiger partial charge in [0, 0.05) is 0 Å². The third-order valence-electron chi connectivity index (χ3n) is 4.28. The van der Waals surface area contributed by atoms with Crippen LogP contribution in [0.4, 0.5) is 0 Å². The highest BCUT2D eigenvalue weighted by molar-refractivity contribution is 5.67. The lowest BCUT2D eigenvalue weighted by atomic mass is 10.0. The largest absolute Gasteiger partial charge is 0.477 e. The van der Waals surface area contributed by atoms with E-state index in [0.717, 1.165) is 6.42 Å². The van der Waals surface area contributed by atoms with Gasteiger partial charge in [-0.15, -0.1) is 0 Å². The van der Waals surface area contributed by atoms with Crippen molar-refractivity contribution in [1.82, 2.24) is 0 Å². The topological polar surface area (TPSA) is 37.3 Å². The molecule has 0 aromatic carbocycles. The number of aliphatic carboxylic acids is 1. The SMILES string of the molecule is CCCCCCCCCCCCCC/C=C/[N+](C)(C)CC(=O)O. The molecule has 0 aliphatic rings. The summed E-state index contributed by atoms with van der Waals surface area (Å²) in [5, 5.41) is 8.81. The number of carboxylic acids is 1. The average Bonchev–Trinajstić information content (AvgIpc) is 2.46. The molecule has 0 atom stereocenters. The smallest absolute Gasteiger partial charge is 0.359 e. The van der Waals surface area contributed by atoms with Crippen molar-refractivity contribution in [3.05, 3.63) is 12.3 Å². The minimum Gasteiger partial charge on any atom is -0.477 e. The zero-order chi connectivity index (χ0) is 17.4. The van der Waals surface area contributed by atoms with Crippen molar-refractivity contribution < 1.29 is 14.4 Å². The van der Waals surface area contributed by atoms with Gasteiger partial charge in [0.1, 0.15) is 0 Å². The van der Waals surface area contributed by atoms with Crippen LogP contribution in [0, 0.1) is 0 Å². The van der Waals surface area contributed by atoms with E-state index >= 15 is 0 Å². The summed E-state index contributed by atoms with van der Waals surface area (Å²) < 4.78 is 0.424. The second-order valence-corrected chi connectivity index (χ2v) is 7.39. The van der Waals surface area contributed by atoms with Gasteiger partial charge in [-0.25, -0.2) is 4.79 Å². The third-order valence-corrected chi connectivity index (χ3v) is 4.28. The van der Waals surface area contributed by atoms with E-state index in [9.17, 15) is 4.79 Å². The lowest BCUT2D eigenvalue weighted by molar-refractivity contribution is -0.831. The third kappa shape index (κ3) is 17.4. The van der Waals surface area contributed by atoms with Gasteiger partial charge in [-0.05, 0) is 18.9 Å². The normalized spacial score (nSPS) is 12.1. The Morgan fingerprint density at radius 2 is 1.26 bits per heavy atom. The van der Waals surface area contributed by atoms with Crippen molar-refractivity contribution in [2.45, 2.75) is 90.4 Å². The van der Waals surface area contributed by atoms with Crippen LogP contribution in [0.2, 0.25) is 0 Å². The monoisotopic (exact) mass is 326 g/mol. The van der Waals surface area contributed by atoms with Gasteiger partial charge in [0.15, 0.2) is 6.54 Å². The van der Waals surface area contributed by atoms with Crippen LogP contribution >= 0.6 is 0 Å². The van der Waals surface area contributed by atoms with Crippen molar-refractivity contribution in [1.29, 1.82) is 0 Å². The van der Waals surface area contributed by atoms with Gasteiger partial charge in [0.2, 0.25) is 0 Å². The standard InChI is InChI=1S/C20H39NO2/c1-4-5-6-7-8-9-10-11-12-13-14-15-16-17-18-21(2,3)19-20(22)23/h17-18H,4-16,19H2,1-3H3/p+1/b18-17+. The Labute approximate surface area is 144 Å². The fourth-order valence-electron chi connectivity index (χ4n) is 2.86. The molecular weight excluding hydrogens is 286 g/mol. The predicted molar refractivity (Wildman–Crippen MR) is 99.4 cm³/mol. The molecule has 136 valence electrons. The second kappa shape index (κ2) is 14.7. The molecular formula is C20H40NO2+. The highest BCUT2D eigenvalue weighted by Gasteiger charge is 2.15. The first-order chi connectivity index (χ1) is 11.0. The highest BCUT2D eigenvalue weighted by Crippen LogP contribution is 2.12. The number of quaternary nitrogens is 1. The molecule has 0 aromatic rings. The number of carboxylic acid groups (broad SMARTS) is 1. The zero-order valence-electron chi connectivity index (χ0n) is 15.9. The summed E-state index contributed by atoms with van der Waals surface area (Å²) in [5.41, 5.74) is 0. The zero-order valence-corrected chi connectivity index (χ0v) is 15.9. The van der Waals surface area contributed by atoms with E-state index in [1.165, 1.54) is 77.0 Å². The second-order valence-electron chi connectivity index (χ2n) is 7.39. The van der Waals surface area contributed by atoms with Crippen molar-refractivity contribution >= 4 is 5.97 Å². The van der Waals surface area contributed by atoms with E-state index in [1.807, 2.05) is 20.3 Å². The molecule has 1 N–H and O–H groups in total. The summed E-state index contributed by atoms with van der Waals surface area (Å²) in [4.78, 5) is 10.7. The Morgan fingerprint density at radius 3 is 1.70 bits per heavy atom. The highest BCUT2D eigenvalue weighted by atomic mass is 16.4. The van der Waals surface area contributed by atoms with Crippen LogP contribution in [0.25, 0.3) is 0 Å². The number of rotatable bonds is 16. The Hall–Kier alpha value is -0.830. The molecule has 0 radical (unpaired) electrons. The van der Waals surface area contributed by atoms with Crippen molar-refractivity contribution in [2.24, 2.45) is 0 Å². The maximum absolute atomic E-state index is 10.7. The number of nitrogens with zero attached hydrogens (tertiary/aromatic N) is 1. The first kappa shape index (κ1) is 22.2. The molecule has 3 nitrogen and oxygen atoms in total. The van der Waals surface area contributed by atoms with E-state index in [1.54, 1.807) is 0 Å². The maximum atomic E-state index is 10.7. The number of carbonyl (C=O) groups is 1. The summed E-state index contributed by atoms with van der Waals surface area (Å²) in [6.07, 6.45) is 21.7. The molecule has 0 spiro atoms. The molecule has 0 rings (SSSR count). The molecule has 0 unspecified atom stereocenters. The molecule has 23 heavy (non-hydrogen) atoms. The van der Waals surface area contributed by atoms with Crippen LogP contribution in [-0.4, -0.2) is 36.2 Å². The van der Waals surface area contributed by atoms with Crippen LogP contribution in [0.1, 0.15) is 90.4 Å². The quantitative estimate of drug-likeness (QED) is 0.289. The molecule has 0 amide bonds. The number of unbranched alkanes of at least 4 members (excludes halogenated alkanes) is 12. The Kier molecular flexibility index (Phi) is 14.2. The van der Waals surface area contributed by atoms with E-state index < -0.39 is 5.97 Å². The minimum atomic E-state index is -0.745. The number of hydrogen-bond donors (Lipinski definition) is 1. The number of hydrogen-bond acceptors (Lipinski definition) is 1. The van der Waals surface area contributed by atoms with Crippen molar-refractivity contribution in [3.63, 3.8) is 0 Å². The molecule has 0 saturated heterocycles. The first-order valence-corrected chi connectivity index (χ1v) is 9.70. The molecule has 0 aliphatic heterocycles. The van der Waals surface area contributed by atoms with Gasteiger partial charge in [-0.2, -0.15) is 0 Å². The lowest BCUT2D eigenvalue weighted by Gasteiger charge is -2.22. The maximum Gasteiger partial charge on any atom is 0.359 e. The van der Waals surface area contributed by atoms with Gasteiger partial charge in [-0.1, -0.05) is 77.6 Å². The first-order valence-electron chi connectivity index (χ1n) is 9.70. The molecule has 0 aliphatic carbocycles. The summed E-state index contributed by atoms with van der Waals surface area (Å²) in [5.74, 6) is -0.745. The predicted octanol–water partition coefficient (Wildman–Crippen LogP) is 5.75. The molecule has 0 saturated carbocycles. The Balaban J connectivity index is 3.32. The van der Waals surface area contributed by atoms with Gasteiger partial charge in [0.25, 0.3) is 0 Å². The van der Waals surface area contributed by atoms with Crippen molar-refractivity contribution in [2.75, 3.05) is 20.6 Å². The van der Waals surface area contributed by atoms with Crippen LogP contribution in [0.5, 0.6) is 0 Å². The van der Waals surface area contributed by atoms with E-state index in [4.69, 9.17) is 5.11 Å². The van der Waals surface area contributed by atoms with E-state index in [-0.39, 0.29) is 6.54 Å². The molecule has 0 bridgehead atoms. The van der Waals surface area contributed by atoms with Crippen molar-refractivity contribution in [3.8, 4) is 0 Å². The van der Waals surface area contributed by atoms with E-state index in [2.05, 4.69) is 13.0 Å².